The number of rotatable bonds is 5. The molecular weight excluding hydrogens is 262 g/mol. The van der Waals surface area contributed by atoms with Crippen molar-refractivity contribution in [1.82, 2.24) is 0 Å². The Morgan fingerprint density at radius 2 is 1.95 bits per heavy atom. The van der Waals surface area contributed by atoms with E-state index >= 15 is 0 Å². The van der Waals surface area contributed by atoms with Crippen LogP contribution in [0.3, 0.4) is 0 Å². The zero-order chi connectivity index (χ0) is 14.4. The maximum absolute atomic E-state index is 13.5. The summed E-state index contributed by atoms with van der Waals surface area (Å²) >= 11 is 0. The molecule has 0 atom stereocenters. The predicted molar refractivity (Wildman–Crippen MR) is 71.2 cm³/mol. The van der Waals surface area contributed by atoms with Gasteiger partial charge in [0.05, 0.1) is 5.69 Å². The molecule has 20 heavy (non-hydrogen) atoms. The van der Waals surface area contributed by atoms with E-state index in [1.807, 2.05) is 6.07 Å². The van der Waals surface area contributed by atoms with E-state index < -0.39 is 11.6 Å². The van der Waals surface area contributed by atoms with E-state index in [0.29, 0.717) is 5.75 Å². The monoisotopic (exact) mass is 274 g/mol. The van der Waals surface area contributed by atoms with Gasteiger partial charge < -0.3 is 10.1 Å². The molecule has 102 valence electrons. The molecule has 0 bridgehead atoms. The van der Waals surface area contributed by atoms with Gasteiger partial charge in [0.2, 0.25) is 0 Å². The van der Waals surface area contributed by atoms with Crippen LogP contribution in [0.4, 0.5) is 14.5 Å². The molecule has 0 saturated carbocycles. The van der Waals surface area contributed by atoms with Gasteiger partial charge in [0.25, 0.3) is 0 Å². The summed E-state index contributed by atoms with van der Waals surface area (Å²) in [6.45, 7) is 0.202. The minimum Gasteiger partial charge on any atom is -0.478 e. The number of halogens is 2. The number of anilines is 1. The number of nitrogens with one attached hydrogen (secondary N) is 1. The Kier molecular flexibility index (Phi) is 4.51. The molecule has 0 radical (unpaired) electrons. The van der Waals surface area contributed by atoms with Gasteiger partial charge in [-0.1, -0.05) is 18.2 Å². The van der Waals surface area contributed by atoms with Gasteiger partial charge in [-0.2, -0.15) is 5.26 Å². The Morgan fingerprint density at radius 3 is 2.75 bits per heavy atom. The van der Waals surface area contributed by atoms with E-state index in [9.17, 15) is 8.78 Å². The normalized spacial score (nSPS) is 9.85. The number of ether oxygens (including phenoxy) is 1. The van der Waals surface area contributed by atoms with Crippen molar-refractivity contribution in [3.05, 3.63) is 59.7 Å². The van der Waals surface area contributed by atoms with Crippen LogP contribution < -0.4 is 10.1 Å². The van der Waals surface area contributed by atoms with E-state index in [1.165, 1.54) is 0 Å². The fourth-order valence-electron chi connectivity index (χ4n) is 1.72. The summed E-state index contributed by atoms with van der Waals surface area (Å²) in [4.78, 5) is 0. The highest BCUT2D eigenvalue weighted by Crippen LogP contribution is 2.21. The second-order valence-corrected chi connectivity index (χ2v) is 4.03. The zero-order valence-corrected chi connectivity index (χ0v) is 10.6. The van der Waals surface area contributed by atoms with E-state index in [0.717, 1.165) is 23.8 Å². The van der Waals surface area contributed by atoms with Crippen molar-refractivity contribution < 1.29 is 13.5 Å². The Labute approximate surface area is 115 Å². The highest BCUT2D eigenvalue weighted by atomic mass is 19.1. The summed E-state index contributed by atoms with van der Waals surface area (Å²) in [6, 6.07) is 12.2. The van der Waals surface area contributed by atoms with Crippen molar-refractivity contribution in [2.24, 2.45) is 0 Å². The standard InChI is InChI=1S/C15H12F2N2O/c16-12-5-6-13(17)14(9-12)19-10-11-3-1-2-4-15(11)20-8-7-18/h1-6,9,19H,8,10H2. The molecule has 0 amide bonds. The number of hydrogen-bond acceptors (Lipinski definition) is 3. The van der Waals surface area contributed by atoms with Crippen molar-refractivity contribution in [3.8, 4) is 11.8 Å². The molecule has 1 N–H and O–H groups in total. The molecule has 0 saturated heterocycles. The summed E-state index contributed by atoms with van der Waals surface area (Å²) < 4.78 is 31.8. The highest BCUT2D eigenvalue weighted by molar-refractivity contribution is 5.46. The second kappa shape index (κ2) is 6.53. The maximum atomic E-state index is 13.5. The maximum Gasteiger partial charge on any atom is 0.174 e. The molecule has 3 nitrogen and oxygen atoms in total. The van der Waals surface area contributed by atoms with Crippen molar-refractivity contribution in [2.45, 2.75) is 6.54 Å². The van der Waals surface area contributed by atoms with Crippen LogP contribution >= 0.6 is 0 Å². The molecule has 2 aromatic rings. The van der Waals surface area contributed by atoms with E-state index in [1.54, 1.807) is 24.3 Å². The lowest BCUT2D eigenvalue weighted by molar-refractivity contribution is 0.364. The van der Waals surface area contributed by atoms with Gasteiger partial charge in [-0.25, -0.2) is 8.78 Å². The molecule has 0 aliphatic rings. The zero-order valence-electron chi connectivity index (χ0n) is 10.6. The Hall–Kier alpha value is -2.61. The van der Waals surface area contributed by atoms with Crippen molar-refractivity contribution >= 4 is 5.69 Å². The first kappa shape index (κ1) is 13.8. The van der Waals surface area contributed by atoms with Gasteiger partial charge >= 0.3 is 0 Å². The van der Waals surface area contributed by atoms with Gasteiger partial charge in [0, 0.05) is 12.1 Å². The first-order valence-electron chi connectivity index (χ1n) is 5.97. The molecular formula is C15H12F2N2O. The molecule has 2 rings (SSSR count). The Bertz CT molecular complexity index is 638. The van der Waals surface area contributed by atoms with Gasteiger partial charge in [0.15, 0.2) is 6.61 Å². The summed E-state index contributed by atoms with van der Waals surface area (Å²) in [5, 5.41) is 11.3. The Morgan fingerprint density at radius 1 is 1.15 bits per heavy atom. The molecule has 0 spiro atoms. The van der Waals surface area contributed by atoms with Crippen LogP contribution in [0, 0.1) is 23.0 Å². The van der Waals surface area contributed by atoms with Crippen LogP contribution in [0.2, 0.25) is 0 Å². The molecule has 2 aromatic carbocycles. The average molecular weight is 274 g/mol. The van der Waals surface area contributed by atoms with E-state index in [4.69, 9.17) is 10.00 Å². The molecule has 0 aliphatic heterocycles. The minimum absolute atomic E-state index is 0.0641. The molecule has 0 aliphatic carbocycles. The van der Waals surface area contributed by atoms with Crippen molar-refractivity contribution in [3.63, 3.8) is 0 Å². The number of nitrogens with zero attached hydrogens (tertiary/aromatic N) is 1. The quantitative estimate of drug-likeness (QED) is 0.907. The van der Waals surface area contributed by atoms with Crippen molar-refractivity contribution in [1.29, 1.82) is 5.26 Å². The largest absolute Gasteiger partial charge is 0.478 e. The van der Waals surface area contributed by atoms with Crippen LogP contribution in [0.1, 0.15) is 5.56 Å². The van der Waals surface area contributed by atoms with Gasteiger partial charge in [-0.05, 0) is 24.3 Å². The highest BCUT2D eigenvalue weighted by Gasteiger charge is 2.06. The average Bonchev–Trinajstić information content (AvgIpc) is 2.47. The molecule has 5 heteroatoms. The number of benzene rings is 2. The summed E-state index contributed by atoms with van der Waals surface area (Å²) in [5.41, 5.74) is 0.839. The van der Waals surface area contributed by atoms with Crippen LogP contribution in [0.15, 0.2) is 42.5 Å². The smallest absolute Gasteiger partial charge is 0.174 e. The first-order valence-corrected chi connectivity index (χ1v) is 5.97. The molecule has 0 aromatic heterocycles. The third-order valence-corrected chi connectivity index (χ3v) is 2.66. The topological polar surface area (TPSA) is 45.0 Å². The van der Waals surface area contributed by atoms with Crippen LogP contribution in [0.5, 0.6) is 5.75 Å². The van der Waals surface area contributed by atoms with E-state index in [-0.39, 0.29) is 18.8 Å². The van der Waals surface area contributed by atoms with Crippen LogP contribution in [-0.4, -0.2) is 6.61 Å². The lowest BCUT2D eigenvalue weighted by Gasteiger charge is -2.11. The second-order valence-electron chi connectivity index (χ2n) is 4.03. The number of nitriles is 1. The molecule has 0 heterocycles. The fraction of sp³-hybridized carbons (Fsp3) is 0.133. The van der Waals surface area contributed by atoms with Crippen molar-refractivity contribution in [2.75, 3.05) is 11.9 Å². The van der Waals surface area contributed by atoms with Crippen LogP contribution in [0.25, 0.3) is 0 Å². The summed E-state index contributed by atoms with van der Waals surface area (Å²) in [5.74, 6) is -0.497. The third kappa shape index (κ3) is 3.45. The first-order chi connectivity index (χ1) is 9.70. The van der Waals surface area contributed by atoms with Gasteiger partial charge in [-0.3, -0.25) is 0 Å². The SMILES string of the molecule is N#CCOc1ccccc1CNc1cc(F)ccc1F. The van der Waals surface area contributed by atoms with Gasteiger partial charge in [-0.15, -0.1) is 0 Å². The van der Waals surface area contributed by atoms with E-state index in [2.05, 4.69) is 5.32 Å². The Balaban J connectivity index is 2.11. The fourth-order valence-corrected chi connectivity index (χ4v) is 1.72. The summed E-state index contributed by atoms with van der Waals surface area (Å²) in [7, 11) is 0. The predicted octanol–water partition coefficient (Wildman–Crippen LogP) is 3.48. The molecule has 0 fully saturated rings. The lowest BCUT2D eigenvalue weighted by Crippen LogP contribution is -2.05. The molecule has 0 unspecified atom stereocenters. The lowest BCUT2D eigenvalue weighted by atomic mass is 10.2. The number of para-hydroxylation sites is 1. The number of hydrogen-bond donors (Lipinski definition) is 1. The van der Waals surface area contributed by atoms with Crippen LogP contribution in [-0.2, 0) is 6.54 Å². The van der Waals surface area contributed by atoms with Gasteiger partial charge in [0.1, 0.15) is 23.5 Å². The third-order valence-electron chi connectivity index (χ3n) is 2.66. The summed E-state index contributed by atoms with van der Waals surface area (Å²) in [6.07, 6.45) is 0. The minimum atomic E-state index is -0.526.